The smallest absolute Gasteiger partial charge is 0.166 e. The summed E-state index contributed by atoms with van der Waals surface area (Å²) in [6.07, 6.45) is 39.0. The van der Waals surface area contributed by atoms with Crippen molar-refractivity contribution < 1.29 is 73.4 Å². The monoisotopic (exact) mass is 1470 g/mol. The minimum absolute atomic E-state index is 0. The molecule has 0 bridgehead atoms. The van der Waals surface area contributed by atoms with E-state index in [2.05, 4.69) is 114 Å². The Kier molecular flexibility index (Phi) is 49.6. The summed E-state index contributed by atoms with van der Waals surface area (Å²) in [7, 11) is 0.858. The predicted molar refractivity (Wildman–Crippen MR) is 318 cm³/mol. The minimum atomic E-state index is -4.31. The molecule has 1 heterocycles. The quantitative estimate of drug-likeness (QED) is 0.0524. The van der Waals surface area contributed by atoms with Gasteiger partial charge in [-0.1, -0.05) is 32.6 Å². The van der Waals surface area contributed by atoms with E-state index in [4.69, 9.17) is 25.7 Å². The first-order valence-corrected chi connectivity index (χ1v) is 34.4. The van der Waals surface area contributed by atoms with E-state index in [9.17, 15) is 26.3 Å². The molecule has 1 aliphatic heterocycles. The van der Waals surface area contributed by atoms with Gasteiger partial charge in [0.05, 0.1) is 66.6 Å². The molecule has 0 unspecified atom stereocenters. The maximum Gasteiger partial charge on any atom is 0.416 e. The maximum atomic E-state index is 12.0. The van der Waals surface area contributed by atoms with Crippen LogP contribution in [0.1, 0.15) is 136 Å². The minimum Gasteiger partial charge on any atom is -0.166 e. The van der Waals surface area contributed by atoms with Gasteiger partial charge < -0.3 is 0 Å². The number of alkyl halides is 6. The van der Waals surface area contributed by atoms with E-state index in [-0.39, 0.29) is 65.9 Å². The summed E-state index contributed by atoms with van der Waals surface area (Å²) in [5.74, 6) is 8.90. The van der Waals surface area contributed by atoms with Gasteiger partial charge in [-0.05, 0) is 166 Å². The van der Waals surface area contributed by atoms with Crippen molar-refractivity contribution in [2.24, 2.45) is 0 Å². The van der Waals surface area contributed by atoms with Gasteiger partial charge in [0.15, 0.2) is 0 Å². The Morgan fingerprint density at radius 1 is 0.493 bits per heavy atom. The van der Waals surface area contributed by atoms with Crippen LogP contribution in [-0.4, -0.2) is 80.5 Å². The van der Waals surface area contributed by atoms with Gasteiger partial charge in [0.1, 0.15) is 0 Å². The number of halogens is 6. The van der Waals surface area contributed by atoms with Crippen LogP contribution < -0.4 is 4.90 Å². The van der Waals surface area contributed by atoms with E-state index in [0.717, 1.165) is 53.1 Å². The first-order chi connectivity index (χ1) is 34.7. The number of unbranched alkanes of at least 4 members (excludes halogenated alkanes) is 1. The largest absolute Gasteiger partial charge is 0.416 e. The first kappa shape index (κ1) is 79.5. The Morgan fingerprint density at radius 3 is 1.00 bits per heavy atom. The predicted octanol–water partition coefficient (Wildman–Crippen LogP) is 17.8. The Balaban J connectivity index is -0.000000412. The zero-order valence-electron chi connectivity index (χ0n) is 47.0. The van der Waals surface area contributed by atoms with Gasteiger partial charge in [-0.2, -0.15) is 26.3 Å². The van der Waals surface area contributed by atoms with Crippen LogP contribution in [0, 0.1) is 49.4 Å². The first-order valence-electron chi connectivity index (χ1n) is 26.2. The van der Waals surface area contributed by atoms with Crippen LogP contribution >= 0.6 is 31.7 Å². The molecule has 0 saturated heterocycles. The second-order valence-corrected chi connectivity index (χ2v) is 30.9. The van der Waals surface area contributed by atoms with Crippen molar-refractivity contribution in [3.63, 3.8) is 0 Å². The number of hydrogen-bond donors (Lipinski definition) is 1. The van der Waals surface area contributed by atoms with E-state index in [0.29, 0.717) is 19.0 Å². The molecule has 4 aromatic rings. The molecule has 0 saturated carbocycles. The van der Waals surface area contributed by atoms with Gasteiger partial charge in [0.25, 0.3) is 0 Å². The van der Waals surface area contributed by atoms with Crippen molar-refractivity contribution in [3.8, 4) is 34.8 Å². The zero-order chi connectivity index (χ0) is 56.0. The number of nitrogens with one attached hydrogen (secondary N) is 1. The van der Waals surface area contributed by atoms with Crippen molar-refractivity contribution >= 4 is 43.1 Å². The van der Waals surface area contributed by atoms with Crippen molar-refractivity contribution in [1.82, 2.24) is 0 Å². The molecule has 0 atom stereocenters. The molecule has 418 valence electrons. The van der Waals surface area contributed by atoms with Gasteiger partial charge in [-0.3, -0.25) is 0 Å². The van der Waals surface area contributed by atoms with E-state index in [1.54, 1.807) is 0 Å². The van der Waals surface area contributed by atoms with E-state index in [1.165, 1.54) is 127 Å². The van der Waals surface area contributed by atoms with E-state index >= 15 is 0 Å². The summed E-state index contributed by atoms with van der Waals surface area (Å²) in [5.41, 5.74) is 5.69. The van der Waals surface area contributed by atoms with E-state index < -0.39 is 23.5 Å². The Hall–Kier alpha value is -2.02. The van der Waals surface area contributed by atoms with Crippen molar-refractivity contribution in [2.45, 2.75) is 115 Å². The van der Waals surface area contributed by atoms with Crippen LogP contribution in [0.25, 0.3) is 11.1 Å². The van der Waals surface area contributed by atoms with Crippen LogP contribution in [0.3, 0.4) is 0 Å². The normalized spacial score (nSPS) is 11.5. The number of fused-ring (bicyclic) bond motifs is 3. The van der Waals surface area contributed by atoms with Crippen molar-refractivity contribution in [2.75, 3.05) is 80.5 Å². The summed E-state index contributed by atoms with van der Waals surface area (Å²) >= 11 is 0. The van der Waals surface area contributed by atoms with Crippen LogP contribution in [0.15, 0.2) is 84.9 Å². The molecule has 2 radical (unpaired) electrons. The van der Waals surface area contributed by atoms with Crippen LogP contribution in [-0.2, 0) is 54.5 Å². The molecule has 1 nitrogen and oxygen atoms in total. The second-order valence-electron chi connectivity index (χ2n) is 16.8. The van der Waals surface area contributed by atoms with E-state index in [1.807, 2.05) is 36.1 Å². The number of quaternary nitrogens is 1. The molecule has 1 aliphatic rings. The number of hydrogen-bond acceptors (Lipinski definition) is 0. The standard InChI is InChI=1S/C20H15N.2C9H4F3.4C6H15P.2Pt/c1-4-7-12-21-19-10-8-15(5-2)13-17(19)18-14-16(6-3)9-11-20(18)21;2*1-2-7-3-5-8(6-4-7)9(10,11)12;4*1-4-7(5-2)6-3;;/h8-11,13-14H,4,7,12H2,1H3;2*3-6H;4*4-6H2,1-3H3;;/p+4. The van der Waals surface area contributed by atoms with Crippen molar-refractivity contribution in [3.05, 3.63) is 144 Å². The summed E-state index contributed by atoms with van der Waals surface area (Å²) in [5, 5.41) is 0. The average Bonchev–Trinajstić information content (AvgIpc) is 3.72. The van der Waals surface area contributed by atoms with Gasteiger partial charge in [0.2, 0.25) is 0 Å². The Labute approximate surface area is 487 Å². The molecular formula is C62H87F6NP4Pt2+4. The molecule has 4 aromatic carbocycles. The molecule has 1 N–H and O–H groups in total. The van der Waals surface area contributed by atoms with Crippen LogP contribution in [0.2, 0.25) is 0 Å². The second kappa shape index (κ2) is 46.8. The molecular weight excluding hydrogens is 1390 g/mol. The topological polar surface area (TPSA) is 4.44 Å². The molecule has 5 rings (SSSR count). The van der Waals surface area contributed by atoms with Crippen molar-refractivity contribution in [1.29, 1.82) is 0 Å². The van der Waals surface area contributed by atoms with Gasteiger partial charge in [0, 0.05) is 53.3 Å². The molecule has 0 aromatic heterocycles. The summed E-state index contributed by atoms with van der Waals surface area (Å²) in [4.78, 5) is 1.38. The summed E-state index contributed by atoms with van der Waals surface area (Å²) < 4.78 is 71.7. The van der Waals surface area contributed by atoms with Gasteiger partial charge in [-0.25, -0.2) is 0 Å². The number of rotatable bonds is 15. The molecule has 0 aliphatic carbocycles. The zero-order valence-corrected chi connectivity index (χ0v) is 55.5. The molecule has 0 fully saturated rings. The van der Waals surface area contributed by atoms with Gasteiger partial charge in [-0.15, -0.1) is 7.92 Å². The average molecular weight is 1470 g/mol. The fraction of sp³-hybridized carbons (Fsp3) is 0.484. The fourth-order valence-corrected chi connectivity index (χ4v) is 13.2. The van der Waals surface area contributed by atoms with Crippen LogP contribution in [0.4, 0.5) is 37.7 Å². The molecule has 0 spiro atoms. The molecule has 75 heavy (non-hydrogen) atoms. The third-order valence-corrected chi connectivity index (χ3v) is 24.3. The fourth-order valence-electron chi connectivity index (χ4n) is 7.39. The van der Waals surface area contributed by atoms with Gasteiger partial charge >= 0.3 is 138 Å². The Morgan fingerprint density at radius 2 is 0.787 bits per heavy atom. The summed E-state index contributed by atoms with van der Waals surface area (Å²) in [6.45, 7) is 30.9. The SMILES string of the molecule is CCP(CC)CC.CC[PH+](CC)CC.CC[PH+](CC)CC.CC[PH+](CC)CC.[C+]#Cc1ccc2c(c1)-c1cc(C#[C-])ccc1[NH+]2CCCC.[C]#Cc1ccc(C(F)(F)F)cc1.[C]#Cc1ccc(C(F)(F)F)cc1.[Pt].[Pt]. The summed E-state index contributed by atoms with van der Waals surface area (Å²) in [6, 6.07) is 20.7. The van der Waals surface area contributed by atoms with Crippen LogP contribution in [0.5, 0.6) is 0 Å². The Bertz CT molecular complexity index is 2020. The maximum absolute atomic E-state index is 12.0. The molecule has 13 heteroatoms. The third-order valence-electron chi connectivity index (χ3n) is 12.6. The molecule has 0 amide bonds. The number of benzene rings is 4. The third kappa shape index (κ3) is 32.6.